The summed E-state index contributed by atoms with van der Waals surface area (Å²) in [5.74, 6) is 1.30. The van der Waals surface area contributed by atoms with Crippen LogP contribution in [0.25, 0.3) is 11.5 Å². The molecule has 0 atom stereocenters. The molecule has 0 unspecified atom stereocenters. The van der Waals surface area contributed by atoms with Gasteiger partial charge in [0.25, 0.3) is 5.22 Å². The SMILES string of the molecule is COc1ccc(F)cc1CSc1nnc(-c2ccc(C)c(C)c2)o1. The lowest BCUT2D eigenvalue weighted by atomic mass is 10.1. The van der Waals surface area contributed by atoms with Crippen molar-refractivity contribution < 1.29 is 13.5 Å². The van der Waals surface area contributed by atoms with Crippen LogP contribution in [-0.4, -0.2) is 17.3 Å². The van der Waals surface area contributed by atoms with Crippen LogP contribution in [0.15, 0.2) is 46.0 Å². The van der Waals surface area contributed by atoms with Crippen LogP contribution in [0.4, 0.5) is 4.39 Å². The van der Waals surface area contributed by atoms with Crippen molar-refractivity contribution in [3.05, 3.63) is 58.9 Å². The minimum Gasteiger partial charge on any atom is -0.496 e. The molecule has 3 aromatic rings. The number of hydrogen-bond acceptors (Lipinski definition) is 5. The molecule has 3 rings (SSSR count). The van der Waals surface area contributed by atoms with E-state index >= 15 is 0 Å². The lowest BCUT2D eigenvalue weighted by Gasteiger charge is -2.06. The van der Waals surface area contributed by atoms with E-state index in [1.165, 1.54) is 35.0 Å². The summed E-state index contributed by atoms with van der Waals surface area (Å²) in [4.78, 5) is 0. The van der Waals surface area contributed by atoms with E-state index in [2.05, 4.69) is 17.1 Å². The van der Waals surface area contributed by atoms with E-state index in [0.717, 1.165) is 11.1 Å². The normalized spacial score (nSPS) is 10.8. The van der Waals surface area contributed by atoms with Crippen LogP contribution in [0.3, 0.4) is 0 Å². The van der Waals surface area contributed by atoms with Crippen LogP contribution in [0.1, 0.15) is 16.7 Å². The predicted octanol–water partition coefficient (Wildman–Crippen LogP) is 4.79. The zero-order valence-electron chi connectivity index (χ0n) is 13.7. The highest BCUT2D eigenvalue weighted by atomic mass is 32.2. The Bertz CT molecular complexity index is 864. The molecule has 0 aliphatic rings. The fourth-order valence-corrected chi connectivity index (χ4v) is 3.00. The second-order valence-electron chi connectivity index (χ2n) is 5.42. The van der Waals surface area contributed by atoms with Crippen molar-refractivity contribution in [2.75, 3.05) is 7.11 Å². The van der Waals surface area contributed by atoms with Gasteiger partial charge in [0.2, 0.25) is 5.89 Å². The minimum absolute atomic E-state index is 0.298. The highest BCUT2D eigenvalue weighted by molar-refractivity contribution is 7.98. The average Bonchev–Trinajstić information content (AvgIpc) is 3.04. The van der Waals surface area contributed by atoms with Crippen LogP contribution >= 0.6 is 11.8 Å². The molecule has 124 valence electrons. The molecule has 0 aliphatic heterocycles. The highest BCUT2D eigenvalue weighted by Gasteiger charge is 2.12. The van der Waals surface area contributed by atoms with Crippen molar-refractivity contribution in [1.82, 2.24) is 10.2 Å². The highest BCUT2D eigenvalue weighted by Crippen LogP contribution is 2.30. The number of benzene rings is 2. The minimum atomic E-state index is -0.298. The third-order valence-electron chi connectivity index (χ3n) is 3.75. The molecule has 1 heterocycles. The standard InChI is InChI=1S/C18H17FN2O2S/c1-11-4-5-13(8-12(11)2)17-20-21-18(23-17)24-10-14-9-15(19)6-7-16(14)22-3/h4-9H,10H2,1-3H3. The Morgan fingerprint density at radius 1 is 1.08 bits per heavy atom. The van der Waals surface area contributed by atoms with Gasteiger partial charge < -0.3 is 9.15 Å². The van der Waals surface area contributed by atoms with Crippen LogP contribution in [-0.2, 0) is 5.75 Å². The van der Waals surface area contributed by atoms with E-state index < -0.39 is 0 Å². The Morgan fingerprint density at radius 3 is 2.67 bits per heavy atom. The first kappa shape index (κ1) is 16.5. The molecule has 2 aromatic carbocycles. The monoisotopic (exact) mass is 344 g/mol. The quantitative estimate of drug-likeness (QED) is 0.623. The molecule has 24 heavy (non-hydrogen) atoms. The van der Waals surface area contributed by atoms with E-state index in [4.69, 9.17) is 9.15 Å². The Hall–Kier alpha value is -2.34. The van der Waals surface area contributed by atoms with E-state index in [9.17, 15) is 4.39 Å². The van der Waals surface area contributed by atoms with E-state index in [0.29, 0.717) is 22.6 Å². The summed E-state index contributed by atoms with van der Waals surface area (Å²) < 4.78 is 24.3. The van der Waals surface area contributed by atoms with Gasteiger partial charge in [-0.1, -0.05) is 17.8 Å². The summed E-state index contributed by atoms with van der Waals surface area (Å²) in [5, 5.41) is 8.58. The Kier molecular flexibility index (Phi) is 4.85. The maximum atomic E-state index is 13.4. The number of aryl methyl sites for hydroxylation is 2. The molecule has 0 fully saturated rings. The molecule has 0 amide bonds. The third-order valence-corrected chi connectivity index (χ3v) is 4.62. The van der Waals surface area contributed by atoms with Crippen molar-refractivity contribution in [3.8, 4) is 17.2 Å². The third kappa shape index (κ3) is 3.59. The summed E-state index contributed by atoms with van der Waals surface area (Å²) in [5.41, 5.74) is 4.02. The molecule has 1 aromatic heterocycles. The van der Waals surface area contributed by atoms with Crippen LogP contribution in [0, 0.1) is 19.7 Å². The summed E-state index contributed by atoms with van der Waals surface area (Å²) in [6.07, 6.45) is 0. The Labute approximate surface area is 144 Å². The van der Waals surface area contributed by atoms with Gasteiger partial charge in [0, 0.05) is 16.9 Å². The first-order valence-electron chi connectivity index (χ1n) is 7.43. The molecule has 0 N–H and O–H groups in total. The smallest absolute Gasteiger partial charge is 0.277 e. The van der Waals surface area contributed by atoms with E-state index in [-0.39, 0.29) is 5.82 Å². The van der Waals surface area contributed by atoms with Crippen molar-refractivity contribution in [1.29, 1.82) is 0 Å². The molecule has 0 saturated carbocycles. The number of rotatable bonds is 5. The topological polar surface area (TPSA) is 48.2 Å². The zero-order valence-corrected chi connectivity index (χ0v) is 14.5. The van der Waals surface area contributed by atoms with E-state index in [1.807, 2.05) is 25.1 Å². The zero-order chi connectivity index (χ0) is 17.1. The number of halogens is 1. The number of methoxy groups -OCH3 is 1. The maximum Gasteiger partial charge on any atom is 0.277 e. The number of ether oxygens (including phenoxy) is 1. The first-order chi connectivity index (χ1) is 11.6. The van der Waals surface area contributed by atoms with Gasteiger partial charge in [-0.25, -0.2) is 4.39 Å². The molecule has 0 spiro atoms. The van der Waals surface area contributed by atoms with Gasteiger partial charge in [-0.2, -0.15) is 0 Å². The van der Waals surface area contributed by atoms with Gasteiger partial charge >= 0.3 is 0 Å². The van der Waals surface area contributed by atoms with Gasteiger partial charge in [0.05, 0.1) is 7.11 Å². The molecular formula is C18H17FN2O2S. The van der Waals surface area contributed by atoms with Crippen LogP contribution in [0.5, 0.6) is 5.75 Å². The summed E-state index contributed by atoms with van der Waals surface area (Å²) >= 11 is 1.35. The summed E-state index contributed by atoms with van der Waals surface area (Å²) in [7, 11) is 1.56. The van der Waals surface area contributed by atoms with Crippen molar-refractivity contribution >= 4 is 11.8 Å². The molecule has 0 bridgehead atoms. The Balaban J connectivity index is 1.75. The number of aromatic nitrogens is 2. The Morgan fingerprint density at radius 2 is 1.92 bits per heavy atom. The number of thioether (sulfide) groups is 1. The molecule has 6 heteroatoms. The summed E-state index contributed by atoms with van der Waals surface area (Å²) in [6.45, 7) is 4.10. The van der Waals surface area contributed by atoms with Gasteiger partial charge in [-0.05, 0) is 55.3 Å². The number of hydrogen-bond donors (Lipinski definition) is 0. The van der Waals surface area contributed by atoms with E-state index in [1.54, 1.807) is 13.2 Å². The molecule has 0 saturated heterocycles. The van der Waals surface area contributed by atoms with Crippen molar-refractivity contribution in [2.45, 2.75) is 24.8 Å². The molecular weight excluding hydrogens is 327 g/mol. The van der Waals surface area contributed by atoms with Gasteiger partial charge in [-0.15, -0.1) is 10.2 Å². The molecule has 0 aliphatic carbocycles. The maximum absolute atomic E-state index is 13.4. The molecule has 0 radical (unpaired) electrons. The lowest BCUT2D eigenvalue weighted by molar-refractivity contribution is 0.410. The van der Waals surface area contributed by atoms with Gasteiger partial charge in [0.1, 0.15) is 11.6 Å². The lowest BCUT2D eigenvalue weighted by Crippen LogP contribution is -1.91. The molecule has 4 nitrogen and oxygen atoms in total. The van der Waals surface area contributed by atoms with Gasteiger partial charge in [-0.3, -0.25) is 0 Å². The average molecular weight is 344 g/mol. The van der Waals surface area contributed by atoms with Crippen LogP contribution in [0.2, 0.25) is 0 Å². The van der Waals surface area contributed by atoms with Crippen molar-refractivity contribution in [2.24, 2.45) is 0 Å². The first-order valence-corrected chi connectivity index (χ1v) is 8.41. The number of nitrogens with zero attached hydrogens (tertiary/aromatic N) is 2. The largest absolute Gasteiger partial charge is 0.496 e. The second kappa shape index (κ2) is 7.05. The second-order valence-corrected chi connectivity index (χ2v) is 6.34. The van der Waals surface area contributed by atoms with Crippen molar-refractivity contribution in [3.63, 3.8) is 0 Å². The predicted molar refractivity (Wildman–Crippen MR) is 91.7 cm³/mol. The van der Waals surface area contributed by atoms with Crippen LogP contribution < -0.4 is 4.74 Å². The van der Waals surface area contributed by atoms with Gasteiger partial charge in [0.15, 0.2) is 0 Å². The fourth-order valence-electron chi connectivity index (χ4n) is 2.26. The fraction of sp³-hybridized carbons (Fsp3) is 0.222. The summed E-state index contributed by atoms with van der Waals surface area (Å²) in [6, 6.07) is 10.4.